The molecule has 3 aliphatic rings. The predicted molar refractivity (Wildman–Crippen MR) is 187 cm³/mol. The molecule has 1 saturated heterocycles. The highest BCUT2D eigenvalue weighted by Gasteiger charge is 2.47. The number of carboxylic acids is 1. The van der Waals surface area contributed by atoms with Crippen molar-refractivity contribution in [2.45, 2.75) is 44.3 Å². The largest absolute Gasteiger partial charge is 0.494 e. The standard InChI is InChI=1S/C38H36N6O5/c1-42-35-28(13-23(15-31(35)49-2)37(46)44-18-22-9-11-29(44)33(22)39)41-36(42)30-14-21-4-3-5-24(34(21)43(30)17-19-6-7-19)20-8-10-27-25(12-20)26(38(47)48)16-32(45)40-27/h3-5,8,10,12-16,19,22,29,33H,6-7,9,11,17-18,39H2,1-2H3,(H,40,45)(H,47,48)/t22-,29-,33-/m1/s1. The minimum Gasteiger partial charge on any atom is -0.494 e. The molecule has 3 aromatic carbocycles. The molecule has 3 fully saturated rings. The molecule has 11 heteroatoms. The van der Waals surface area contributed by atoms with Gasteiger partial charge in [0.15, 0.2) is 5.82 Å². The van der Waals surface area contributed by atoms with Gasteiger partial charge in [-0.1, -0.05) is 24.3 Å². The van der Waals surface area contributed by atoms with E-state index in [1.165, 1.54) is 0 Å². The number of H-pyrrole nitrogens is 1. The van der Waals surface area contributed by atoms with Gasteiger partial charge >= 0.3 is 5.97 Å². The third kappa shape index (κ3) is 4.59. The molecule has 4 heterocycles. The lowest BCUT2D eigenvalue weighted by atomic mass is 9.99. The van der Waals surface area contributed by atoms with Gasteiger partial charge in [0.05, 0.1) is 29.4 Å². The van der Waals surface area contributed by atoms with Gasteiger partial charge in [-0.05, 0) is 73.4 Å². The summed E-state index contributed by atoms with van der Waals surface area (Å²) in [6.45, 7) is 1.49. The number of imidazole rings is 1. The van der Waals surface area contributed by atoms with Crippen molar-refractivity contribution in [3.05, 3.63) is 82.1 Å². The summed E-state index contributed by atoms with van der Waals surface area (Å²) < 4.78 is 10.3. The van der Waals surface area contributed by atoms with E-state index >= 15 is 0 Å². The second kappa shape index (κ2) is 10.8. The van der Waals surface area contributed by atoms with E-state index in [1.807, 2.05) is 46.8 Å². The van der Waals surface area contributed by atoms with Crippen molar-refractivity contribution in [1.29, 1.82) is 0 Å². The number of hydrogen-bond donors (Lipinski definition) is 3. The number of aryl methyl sites for hydroxylation is 1. The minimum absolute atomic E-state index is 0.0339. The fourth-order valence-electron chi connectivity index (χ4n) is 8.36. The third-order valence-corrected chi connectivity index (χ3v) is 11.0. The van der Waals surface area contributed by atoms with Crippen molar-refractivity contribution < 1.29 is 19.4 Å². The van der Waals surface area contributed by atoms with Gasteiger partial charge in [-0.15, -0.1) is 0 Å². The van der Waals surface area contributed by atoms with Crippen LogP contribution in [-0.4, -0.2) is 66.7 Å². The van der Waals surface area contributed by atoms with Crippen LogP contribution >= 0.6 is 0 Å². The van der Waals surface area contributed by atoms with E-state index in [2.05, 4.69) is 27.8 Å². The van der Waals surface area contributed by atoms with Crippen LogP contribution in [-0.2, 0) is 13.6 Å². The fourth-order valence-corrected chi connectivity index (χ4v) is 8.36. The molecule has 4 N–H and O–H groups in total. The van der Waals surface area contributed by atoms with Crippen molar-refractivity contribution in [2.24, 2.45) is 24.6 Å². The smallest absolute Gasteiger partial charge is 0.336 e. The van der Waals surface area contributed by atoms with Crippen LogP contribution in [0.2, 0.25) is 0 Å². The topological polar surface area (TPSA) is 148 Å². The Morgan fingerprint density at radius 3 is 2.59 bits per heavy atom. The number of nitrogens with one attached hydrogen (secondary N) is 1. The summed E-state index contributed by atoms with van der Waals surface area (Å²) >= 11 is 0. The number of nitrogens with two attached hydrogens (primary N) is 1. The predicted octanol–water partition coefficient (Wildman–Crippen LogP) is 5.38. The first-order valence-electron chi connectivity index (χ1n) is 16.8. The van der Waals surface area contributed by atoms with Crippen molar-refractivity contribution in [3.8, 4) is 28.4 Å². The highest BCUT2D eigenvalue weighted by Crippen LogP contribution is 2.42. The number of aromatic amines is 1. The Hall–Kier alpha value is -5.42. The number of aromatic nitrogens is 4. The molecule has 6 aromatic rings. The highest BCUT2D eigenvalue weighted by atomic mass is 16.5. The number of benzene rings is 3. The molecule has 248 valence electrons. The monoisotopic (exact) mass is 656 g/mol. The molecule has 0 spiro atoms. The van der Waals surface area contributed by atoms with Gasteiger partial charge in [0.25, 0.3) is 5.91 Å². The first kappa shape index (κ1) is 29.7. The van der Waals surface area contributed by atoms with Crippen molar-refractivity contribution in [1.82, 2.24) is 24.0 Å². The fraction of sp³-hybridized carbons (Fsp3) is 0.316. The van der Waals surface area contributed by atoms with Crippen LogP contribution in [0.3, 0.4) is 0 Å². The molecular weight excluding hydrogens is 620 g/mol. The Morgan fingerprint density at radius 1 is 1.04 bits per heavy atom. The third-order valence-electron chi connectivity index (χ3n) is 11.0. The Bertz CT molecular complexity index is 2430. The number of amides is 1. The zero-order valence-corrected chi connectivity index (χ0v) is 27.3. The molecule has 2 bridgehead atoms. The summed E-state index contributed by atoms with van der Waals surface area (Å²) in [5.41, 5.74) is 12.2. The Labute approximate surface area is 280 Å². The number of methoxy groups -OCH3 is 1. The number of pyridine rings is 1. The molecular formula is C38H36N6O5. The van der Waals surface area contributed by atoms with Crippen LogP contribution in [0.5, 0.6) is 5.75 Å². The number of carbonyl (C=O) groups is 2. The number of para-hydroxylation sites is 1. The number of aromatic carboxylic acids is 1. The van der Waals surface area contributed by atoms with Crippen LogP contribution in [0.15, 0.2) is 65.5 Å². The number of piperidine rings is 1. The zero-order chi connectivity index (χ0) is 33.7. The summed E-state index contributed by atoms with van der Waals surface area (Å²) in [7, 11) is 3.60. The van der Waals surface area contributed by atoms with Crippen molar-refractivity contribution in [3.63, 3.8) is 0 Å². The van der Waals surface area contributed by atoms with Crippen LogP contribution in [0.25, 0.3) is 55.5 Å². The van der Waals surface area contributed by atoms with Crippen LogP contribution in [0.1, 0.15) is 46.4 Å². The van der Waals surface area contributed by atoms with Gasteiger partial charge < -0.3 is 34.6 Å². The number of hydrogen-bond acceptors (Lipinski definition) is 6. The zero-order valence-electron chi connectivity index (χ0n) is 27.3. The van der Waals surface area contributed by atoms with E-state index < -0.39 is 11.5 Å². The Kier molecular flexibility index (Phi) is 6.54. The van der Waals surface area contributed by atoms with Gasteiger partial charge in [0.2, 0.25) is 5.56 Å². The summed E-state index contributed by atoms with van der Waals surface area (Å²) in [5.74, 6) is 1.06. The lowest BCUT2D eigenvalue weighted by Crippen LogP contribution is -2.41. The maximum absolute atomic E-state index is 13.8. The van der Waals surface area contributed by atoms with Crippen molar-refractivity contribution in [2.75, 3.05) is 13.7 Å². The van der Waals surface area contributed by atoms with E-state index in [9.17, 15) is 19.5 Å². The first-order chi connectivity index (χ1) is 23.7. The number of nitrogens with zero attached hydrogens (tertiary/aromatic N) is 4. The van der Waals surface area contributed by atoms with E-state index in [1.54, 1.807) is 13.2 Å². The summed E-state index contributed by atoms with van der Waals surface area (Å²) in [5, 5.41) is 11.4. The second-order valence-corrected chi connectivity index (χ2v) is 13.9. The Balaban J connectivity index is 1.20. The van der Waals surface area contributed by atoms with Gasteiger partial charge in [0, 0.05) is 65.7 Å². The van der Waals surface area contributed by atoms with Crippen LogP contribution < -0.4 is 16.0 Å². The number of carbonyl (C=O) groups excluding carboxylic acids is 1. The molecule has 3 atom stereocenters. The number of rotatable bonds is 7. The minimum atomic E-state index is -1.15. The normalized spacial score (nSPS) is 20.2. The maximum Gasteiger partial charge on any atom is 0.336 e. The molecule has 2 aliphatic carbocycles. The molecule has 0 unspecified atom stereocenters. The number of ether oxygens (including phenoxy) is 1. The van der Waals surface area contributed by atoms with Crippen LogP contribution in [0, 0.1) is 11.8 Å². The van der Waals surface area contributed by atoms with Crippen LogP contribution in [0.4, 0.5) is 0 Å². The van der Waals surface area contributed by atoms with E-state index in [0.717, 1.165) is 77.4 Å². The number of likely N-dealkylation sites (tertiary alicyclic amines) is 1. The van der Waals surface area contributed by atoms with E-state index in [-0.39, 0.29) is 23.6 Å². The first-order valence-corrected chi connectivity index (χ1v) is 16.8. The quantitative estimate of drug-likeness (QED) is 0.209. The summed E-state index contributed by atoms with van der Waals surface area (Å²) in [6, 6.07) is 18.8. The van der Waals surface area contributed by atoms with Crippen molar-refractivity contribution >= 4 is 44.7 Å². The summed E-state index contributed by atoms with van der Waals surface area (Å²) in [6.07, 6.45) is 4.31. The molecule has 1 amide bonds. The molecule has 11 nitrogen and oxygen atoms in total. The van der Waals surface area contributed by atoms with E-state index in [4.69, 9.17) is 15.5 Å². The SMILES string of the molecule is COc1cc(C(=O)N2C[C@H]3CC[C@@H]2[C@@H]3N)cc2nc(-c3cc4cccc(-c5ccc6[nH]c(=O)cc(C(=O)O)c6c5)c4n3CC3CC3)n(C)c12. The maximum atomic E-state index is 13.8. The summed E-state index contributed by atoms with van der Waals surface area (Å²) in [4.78, 5) is 47.9. The number of carboxylic acid groups (broad SMARTS) is 1. The molecule has 2 saturated carbocycles. The highest BCUT2D eigenvalue weighted by molar-refractivity contribution is 6.06. The average molecular weight is 657 g/mol. The van der Waals surface area contributed by atoms with Gasteiger partial charge in [-0.2, -0.15) is 0 Å². The van der Waals surface area contributed by atoms with Gasteiger partial charge in [-0.25, -0.2) is 9.78 Å². The Morgan fingerprint density at radius 2 is 1.88 bits per heavy atom. The average Bonchev–Trinajstić information content (AvgIpc) is 3.49. The molecule has 3 aromatic heterocycles. The molecule has 49 heavy (non-hydrogen) atoms. The van der Waals surface area contributed by atoms with Gasteiger partial charge in [0.1, 0.15) is 11.3 Å². The number of fused-ring (bicyclic) bond motifs is 5. The lowest BCUT2D eigenvalue weighted by molar-refractivity contribution is 0.0690. The molecule has 9 rings (SSSR count). The van der Waals surface area contributed by atoms with E-state index in [0.29, 0.717) is 46.1 Å². The lowest BCUT2D eigenvalue weighted by Gasteiger charge is -2.27. The molecule has 0 radical (unpaired) electrons. The molecule has 1 aliphatic heterocycles. The van der Waals surface area contributed by atoms with Gasteiger partial charge in [-0.3, -0.25) is 9.59 Å². The second-order valence-electron chi connectivity index (χ2n) is 13.9.